The maximum Gasteiger partial charge on any atom is 0.310 e. The predicted molar refractivity (Wildman–Crippen MR) is 78.0 cm³/mol. The van der Waals surface area contributed by atoms with E-state index in [-0.39, 0.29) is 12.3 Å². The minimum absolute atomic E-state index is 0.0469. The SMILES string of the molecule is CCC(CC)(CC(=O)NN1C(C)CCCC1C)C(=O)O. The van der Waals surface area contributed by atoms with Crippen LogP contribution in [0, 0.1) is 5.41 Å². The Morgan fingerprint density at radius 2 is 1.70 bits per heavy atom. The van der Waals surface area contributed by atoms with Gasteiger partial charge in [-0.3, -0.25) is 15.0 Å². The number of amides is 1. The van der Waals surface area contributed by atoms with Crippen LogP contribution in [0.1, 0.15) is 66.2 Å². The first-order chi connectivity index (χ1) is 9.36. The van der Waals surface area contributed by atoms with Crippen LogP contribution in [-0.4, -0.2) is 34.1 Å². The number of nitrogens with one attached hydrogen (secondary N) is 1. The molecule has 2 atom stereocenters. The van der Waals surface area contributed by atoms with Crippen LogP contribution in [0.5, 0.6) is 0 Å². The molecule has 0 saturated carbocycles. The molecule has 0 aromatic carbocycles. The number of hydrogen-bond donors (Lipinski definition) is 2. The van der Waals surface area contributed by atoms with Gasteiger partial charge < -0.3 is 5.11 Å². The minimum atomic E-state index is -0.938. The third-order valence-corrected chi connectivity index (χ3v) is 4.75. The summed E-state index contributed by atoms with van der Waals surface area (Å²) >= 11 is 0. The first kappa shape index (κ1) is 17.0. The Hall–Kier alpha value is -1.10. The summed E-state index contributed by atoms with van der Waals surface area (Å²) in [7, 11) is 0. The van der Waals surface area contributed by atoms with Crippen LogP contribution in [0.4, 0.5) is 0 Å². The van der Waals surface area contributed by atoms with Gasteiger partial charge in [0.1, 0.15) is 0 Å². The lowest BCUT2D eigenvalue weighted by atomic mass is 9.79. The van der Waals surface area contributed by atoms with Gasteiger partial charge in [0.25, 0.3) is 0 Å². The molecule has 1 saturated heterocycles. The first-order valence-electron chi connectivity index (χ1n) is 7.67. The number of carboxylic acids is 1. The Labute approximate surface area is 121 Å². The van der Waals surface area contributed by atoms with Crippen LogP contribution in [0.3, 0.4) is 0 Å². The van der Waals surface area contributed by atoms with Gasteiger partial charge in [-0.2, -0.15) is 0 Å². The maximum absolute atomic E-state index is 12.2. The molecule has 1 amide bonds. The second-order valence-electron chi connectivity index (χ2n) is 6.04. The van der Waals surface area contributed by atoms with E-state index in [0.29, 0.717) is 24.9 Å². The van der Waals surface area contributed by atoms with Crippen molar-refractivity contribution in [3.05, 3.63) is 0 Å². The number of rotatable bonds is 6. The van der Waals surface area contributed by atoms with Gasteiger partial charge >= 0.3 is 5.97 Å². The standard InChI is InChI=1S/C15H28N2O3/c1-5-15(6-2,14(19)20)10-13(18)16-17-11(3)8-7-9-12(17)4/h11-12H,5-10H2,1-4H3,(H,16,18)(H,19,20). The van der Waals surface area contributed by atoms with Gasteiger partial charge in [-0.15, -0.1) is 0 Å². The van der Waals surface area contributed by atoms with Gasteiger partial charge in [-0.1, -0.05) is 20.3 Å². The number of nitrogens with zero attached hydrogens (tertiary/aromatic N) is 1. The van der Waals surface area contributed by atoms with Crippen molar-refractivity contribution >= 4 is 11.9 Å². The molecule has 0 aliphatic carbocycles. The lowest BCUT2D eigenvalue weighted by Gasteiger charge is -2.39. The molecule has 0 aromatic heterocycles. The Bertz CT molecular complexity index is 343. The van der Waals surface area contributed by atoms with E-state index >= 15 is 0 Å². The van der Waals surface area contributed by atoms with E-state index in [1.165, 1.54) is 6.42 Å². The van der Waals surface area contributed by atoms with Crippen LogP contribution in [0.2, 0.25) is 0 Å². The second-order valence-corrected chi connectivity index (χ2v) is 6.04. The third kappa shape index (κ3) is 3.72. The summed E-state index contributed by atoms with van der Waals surface area (Å²) in [6, 6.07) is 0.621. The molecule has 1 heterocycles. The second kappa shape index (κ2) is 7.07. The summed E-state index contributed by atoms with van der Waals surface area (Å²) < 4.78 is 0. The van der Waals surface area contributed by atoms with E-state index in [1.54, 1.807) is 0 Å². The topological polar surface area (TPSA) is 69.6 Å². The maximum atomic E-state index is 12.2. The summed E-state index contributed by atoms with van der Waals surface area (Å²) in [5.74, 6) is -1.06. The first-order valence-corrected chi connectivity index (χ1v) is 7.67. The fraction of sp³-hybridized carbons (Fsp3) is 0.867. The van der Waals surface area contributed by atoms with Crippen LogP contribution in [0.25, 0.3) is 0 Å². The van der Waals surface area contributed by atoms with E-state index in [4.69, 9.17) is 0 Å². The van der Waals surface area contributed by atoms with Crippen LogP contribution in [0.15, 0.2) is 0 Å². The highest BCUT2D eigenvalue weighted by molar-refractivity contribution is 5.84. The average molecular weight is 284 g/mol. The van der Waals surface area contributed by atoms with E-state index in [1.807, 2.05) is 18.9 Å². The van der Waals surface area contributed by atoms with E-state index in [9.17, 15) is 14.7 Å². The Morgan fingerprint density at radius 3 is 2.10 bits per heavy atom. The molecule has 0 bridgehead atoms. The van der Waals surface area contributed by atoms with Crippen molar-refractivity contribution in [1.82, 2.24) is 10.4 Å². The summed E-state index contributed by atoms with van der Waals surface area (Å²) in [5.41, 5.74) is 1.99. The van der Waals surface area contributed by atoms with Crippen molar-refractivity contribution in [3.63, 3.8) is 0 Å². The average Bonchev–Trinajstić information content (AvgIpc) is 2.40. The highest BCUT2D eigenvalue weighted by Crippen LogP contribution is 2.31. The zero-order valence-electron chi connectivity index (χ0n) is 13.1. The largest absolute Gasteiger partial charge is 0.481 e. The van der Waals surface area contributed by atoms with Crippen molar-refractivity contribution in [2.45, 2.75) is 78.3 Å². The number of carbonyl (C=O) groups is 2. The van der Waals surface area contributed by atoms with Crippen molar-refractivity contribution < 1.29 is 14.7 Å². The monoisotopic (exact) mass is 284 g/mol. The number of piperidine rings is 1. The molecule has 2 N–H and O–H groups in total. The Morgan fingerprint density at radius 1 is 1.20 bits per heavy atom. The molecule has 1 fully saturated rings. The lowest BCUT2D eigenvalue weighted by Crippen LogP contribution is -2.55. The molecule has 1 aliphatic heterocycles. The molecule has 5 nitrogen and oxygen atoms in total. The molecule has 5 heteroatoms. The number of carboxylic acid groups (broad SMARTS) is 1. The summed E-state index contributed by atoms with van der Waals surface area (Å²) in [6.07, 6.45) is 4.30. The van der Waals surface area contributed by atoms with Crippen LogP contribution >= 0.6 is 0 Å². The Kier molecular flexibility index (Phi) is 5.99. The zero-order chi connectivity index (χ0) is 15.3. The van der Waals surface area contributed by atoms with Gasteiger partial charge in [0.15, 0.2) is 0 Å². The van der Waals surface area contributed by atoms with Gasteiger partial charge in [-0.05, 0) is 39.5 Å². The fourth-order valence-electron chi connectivity index (χ4n) is 3.01. The van der Waals surface area contributed by atoms with Gasteiger partial charge in [-0.25, -0.2) is 5.01 Å². The van der Waals surface area contributed by atoms with E-state index in [0.717, 1.165) is 12.8 Å². The Balaban J connectivity index is 2.68. The number of hydrazine groups is 1. The molecular weight excluding hydrogens is 256 g/mol. The normalized spacial score (nSPS) is 24.4. The van der Waals surface area contributed by atoms with Gasteiger partial charge in [0.2, 0.25) is 5.91 Å². The molecule has 2 unspecified atom stereocenters. The van der Waals surface area contributed by atoms with Gasteiger partial charge in [0.05, 0.1) is 5.41 Å². The lowest BCUT2D eigenvalue weighted by molar-refractivity contribution is -0.153. The van der Waals surface area contributed by atoms with E-state index < -0.39 is 11.4 Å². The van der Waals surface area contributed by atoms with Crippen molar-refractivity contribution in [1.29, 1.82) is 0 Å². The highest BCUT2D eigenvalue weighted by Gasteiger charge is 2.38. The summed E-state index contributed by atoms with van der Waals surface area (Å²) in [4.78, 5) is 23.7. The molecule has 1 rings (SSSR count). The van der Waals surface area contributed by atoms with Crippen molar-refractivity contribution in [2.24, 2.45) is 5.41 Å². The summed E-state index contributed by atoms with van der Waals surface area (Å²) in [6.45, 7) is 7.86. The van der Waals surface area contributed by atoms with E-state index in [2.05, 4.69) is 19.3 Å². The minimum Gasteiger partial charge on any atom is -0.481 e. The molecule has 1 aliphatic rings. The molecule has 20 heavy (non-hydrogen) atoms. The predicted octanol–water partition coefficient (Wildman–Crippen LogP) is 2.56. The smallest absolute Gasteiger partial charge is 0.310 e. The molecule has 0 radical (unpaired) electrons. The van der Waals surface area contributed by atoms with Crippen LogP contribution in [-0.2, 0) is 9.59 Å². The number of hydrogen-bond acceptors (Lipinski definition) is 3. The van der Waals surface area contributed by atoms with Gasteiger partial charge in [0, 0.05) is 18.5 Å². The molecular formula is C15H28N2O3. The number of carbonyl (C=O) groups excluding carboxylic acids is 1. The fourth-order valence-corrected chi connectivity index (χ4v) is 3.01. The summed E-state index contributed by atoms with van der Waals surface area (Å²) in [5, 5.41) is 11.4. The van der Waals surface area contributed by atoms with Crippen molar-refractivity contribution in [2.75, 3.05) is 0 Å². The number of aliphatic carboxylic acids is 1. The quantitative estimate of drug-likeness (QED) is 0.786. The van der Waals surface area contributed by atoms with Crippen molar-refractivity contribution in [3.8, 4) is 0 Å². The third-order valence-electron chi connectivity index (χ3n) is 4.75. The molecule has 0 spiro atoms. The highest BCUT2D eigenvalue weighted by atomic mass is 16.4. The van der Waals surface area contributed by atoms with Crippen LogP contribution < -0.4 is 5.43 Å². The molecule has 0 aromatic rings. The zero-order valence-corrected chi connectivity index (χ0v) is 13.1. The molecule has 116 valence electrons.